The number of rotatable bonds is 3. The second-order valence-corrected chi connectivity index (χ2v) is 8.21. The molecule has 0 aromatic heterocycles. The zero-order chi connectivity index (χ0) is 19.9. The van der Waals surface area contributed by atoms with Gasteiger partial charge in [0.1, 0.15) is 0 Å². The molecule has 138 valence electrons. The van der Waals surface area contributed by atoms with E-state index in [1.54, 1.807) is 0 Å². The van der Waals surface area contributed by atoms with Gasteiger partial charge in [-0.2, -0.15) is 0 Å². The molecule has 0 saturated carbocycles. The normalized spacial score (nSPS) is 16.2. The first-order valence-corrected chi connectivity index (χ1v) is 9.75. The van der Waals surface area contributed by atoms with Crippen molar-refractivity contribution in [2.24, 2.45) is 0 Å². The van der Waals surface area contributed by atoms with E-state index in [9.17, 15) is 0 Å². The highest BCUT2D eigenvalue weighted by atomic mass is 14.4. The molecule has 0 atom stereocenters. The lowest BCUT2D eigenvalue weighted by Gasteiger charge is -2.22. The first kappa shape index (κ1) is 18.3. The molecule has 28 heavy (non-hydrogen) atoms. The van der Waals surface area contributed by atoms with Gasteiger partial charge in [0.2, 0.25) is 0 Å². The van der Waals surface area contributed by atoms with Gasteiger partial charge >= 0.3 is 0 Å². The monoisotopic (exact) mass is 362 g/mol. The van der Waals surface area contributed by atoms with Gasteiger partial charge in [0, 0.05) is 5.41 Å². The van der Waals surface area contributed by atoms with E-state index in [4.69, 9.17) is 0 Å². The van der Waals surface area contributed by atoms with E-state index in [0.29, 0.717) is 0 Å². The van der Waals surface area contributed by atoms with Gasteiger partial charge in [0.15, 0.2) is 0 Å². The molecule has 0 saturated heterocycles. The molecular weight excluding hydrogens is 336 g/mol. The fourth-order valence-electron chi connectivity index (χ4n) is 4.17. The minimum Gasteiger partial charge on any atom is -0.0961 e. The van der Waals surface area contributed by atoms with Crippen molar-refractivity contribution in [3.8, 4) is 22.3 Å². The largest absolute Gasteiger partial charge is 0.0961 e. The standard InChI is InChI=1S/C28H26/c1-19(2)17-26-20(3)25-16-15-24(18-27(25)28(26,4)5)23-13-11-22(12-14-23)21-9-7-6-8-10-21/h6-18H,1,3H2,2,4-5H3/b26-17+. The van der Waals surface area contributed by atoms with Crippen LogP contribution in [0.5, 0.6) is 0 Å². The smallest absolute Gasteiger partial charge is 0.0158 e. The van der Waals surface area contributed by atoms with Crippen molar-refractivity contribution in [1.29, 1.82) is 0 Å². The zero-order valence-corrected chi connectivity index (χ0v) is 16.9. The molecule has 0 nitrogen and oxygen atoms in total. The third kappa shape index (κ3) is 3.05. The first-order valence-electron chi connectivity index (χ1n) is 9.75. The molecule has 0 N–H and O–H groups in total. The molecule has 0 heteroatoms. The van der Waals surface area contributed by atoms with Crippen molar-refractivity contribution < 1.29 is 0 Å². The summed E-state index contributed by atoms with van der Waals surface area (Å²) in [5.41, 5.74) is 11.0. The van der Waals surface area contributed by atoms with Crippen molar-refractivity contribution in [3.63, 3.8) is 0 Å². The van der Waals surface area contributed by atoms with E-state index < -0.39 is 0 Å². The van der Waals surface area contributed by atoms with Crippen LogP contribution in [0.2, 0.25) is 0 Å². The third-order valence-corrected chi connectivity index (χ3v) is 5.73. The summed E-state index contributed by atoms with van der Waals surface area (Å²) < 4.78 is 0. The van der Waals surface area contributed by atoms with E-state index in [1.807, 2.05) is 6.92 Å². The molecule has 1 aliphatic carbocycles. The minimum atomic E-state index is -0.0641. The Hall–Kier alpha value is -3.12. The van der Waals surface area contributed by atoms with E-state index in [0.717, 1.165) is 11.1 Å². The topological polar surface area (TPSA) is 0 Å². The van der Waals surface area contributed by atoms with Gasteiger partial charge in [0.25, 0.3) is 0 Å². The van der Waals surface area contributed by atoms with Crippen molar-refractivity contribution in [1.82, 2.24) is 0 Å². The summed E-state index contributed by atoms with van der Waals surface area (Å²) in [4.78, 5) is 0. The van der Waals surface area contributed by atoms with E-state index in [1.165, 1.54) is 39.0 Å². The van der Waals surface area contributed by atoms with Crippen LogP contribution in [0.4, 0.5) is 0 Å². The van der Waals surface area contributed by atoms with Crippen LogP contribution in [0, 0.1) is 0 Å². The number of hydrogen-bond acceptors (Lipinski definition) is 0. The molecule has 0 amide bonds. The van der Waals surface area contributed by atoms with Crippen LogP contribution in [0.3, 0.4) is 0 Å². The van der Waals surface area contributed by atoms with Crippen LogP contribution in [-0.2, 0) is 5.41 Å². The molecule has 0 heterocycles. The van der Waals surface area contributed by atoms with Crippen molar-refractivity contribution in [2.75, 3.05) is 0 Å². The third-order valence-electron chi connectivity index (χ3n) is 5.73. The highest BCUT2D eigenvalue weighted by Gasteiger charge is 2.37. The van der Waals surface area contributed by atoms with Crippen LogP contribution in [0.1, 0.15) is 31.9 Å². The van der Waals surface area contributed by atoms with Gasteiger partial charge < -0.3 is 0 Å². The number of benzene rings is 3. The molecule has 0 radical (unpaired) electrons. The predicted octanol–water partition coefficient (Wildman–Crippen LogP) is 7.83. The Labute approximate surface area is 168 Å². The average molecular weight is 363 g/mol. The quantitative estimate of drug-likeness (QED) is 0.445. The van der Waals surface area contributed by atoms with Crippen LogP contribution in [0.25, 0.3) is 27.8 Å². The second kappa shape index (κ2) is 6.80. The zero-order valence-electron chi connectivity index (χ0n) is 16.9. The molecule has 0 bridgehead atoms. The Kier molecular flexibility index (Phi) is 4.43. The summed E-state index contributed by atoms with van der Waals surface area (Å²) >= 11 is 0. The lowest BCUT2D eigenvalue weighted by molar-refractivity contribution is 0.660. The fraction of sp³-hybridized carbons (Fsp3) is 0.143. The molecule has 0 aliphatic heterocycles. The van der Waals surface area contributed by atoms with E-state index >= 15 is 0 Å². The average Bonchev–Trinajstić information content (AvgIpc) is 2.89. The Morgan fingerprint density at radius 3 is 1.93 bits per heavy atom. The molecule has 0 fully saturated rings. The lowest BCUT2D eigenvalue weighted by atomic mass is 9.81. The summed E-state index contributed by atoms with van der Waals surface area (Å²) in [7, 11) is 0. The molecule has 0 spiro atoms. The maximum atomic E-state index is 4.36. The van der Waals surface area contributed by atoms with Crippen LogP contribution >= 0.6 is 0 Å². The molecule has 3 aromatic carbocycles. The summed E-state index contributed by atoms with van der Waals surface area (Å²) in [6.45, 7) is 15.0. The SMILES string of the molecule is C=C(C)/C=C1\C(=C)c2ccc(-c3ccc(-c4ccccc4)cc3)cc2C1(C)C. The first-order chi connectivity index (χ1) is 13.4. The predicted molar refractivity (Wildman–Crippen MR) is 122 cm³/mol. The number of allylic oxidation sites excluding steroid dienone is 4. The van der Waals surface area contributed by atoms with Crippen LogP contribution in [0.15, 0.2) is 103 Å². The van der Waals surface area contributed by atoms with Gasteiger partial charge in [-0.05, 0) is 57.5 Å². The highest BCUT2D eigenvalue weighted by Crippen LogP contribution is 2.50. The van der Waals surface area contributed by atoms with Crippen molar-refractivity contribution in [2.45, 2.75) is 26.2 Å². The van der Waals surface area contributed by atoms with Gasteiger partial charge in [-0.3, -0.25) is 0 Å². The summed E-state index contributed by atoms with van der Waals surface area (Å²) in [6, 6.07) is 26.1. The van der Waals surface area contributed by atoms with Gasteiger partial charge in [-0.15, -0.1) is 0 Å². The van der Waals surface area contributed by atoms with Crippen molar-refractivity contribution >= 4 is 5.57 Å². The Morgan fingerprint density at radius 1 is 0.786 bits per heavy atom. The second-order valence-electron chi connectivity index (χ2n) is 8.21. The number of fused-ring (bicyclic) bond motifs is 1. The Bertz CT molecular complexity index is 1090. The molecule has 4 rings (SSSR count). The van der Waals surface area contributed by atoms with Crippen LogP contribution < -0.4 is 0 Å². The fourth-order valence-corrected chi connectivity index (χ4v) is 4.17. The lowest BCUT2D eigenvalue weighted by Crippen LogP contribution is -2.15. The summed E-state index contributed by atoms with van der Waals surface area (Å²) in [5, 5.41) is 0. The van der Waals surface area contributed by atoms with Crippen LogP contribution in [-0.4, -0.2) is 0 Å². The van der Waals surface area contributed by atoms with Gasteiger partial charge in [-0.1, -0.05) is 105 Å². The van der Waals surface area contributed by atoms with Gasteiger partial charge in [-0.25, -0.2) is 0 Å². The molecule has 3 aromatic rings. The summed E-state index contributed by atoms with van der Waals surface area (Å²) in [6.07, 6.45) is 2.18. The van der Waals surface area contributed by atoms with Crippen molar-refractivity contribution in [3.05, 3.63) is 114 Å². The van der Waals surface area contributed by atoms with E-state index in [-0.39, 0.29) is 5.41 Å². The maximum absolute atomic E-state index is 4.36. The molecule has 0 unspecified atom stereocenters. The minimum absolute atomic E-state index is 0.0641. The van der Waals surface area contributed by atoms with E-state index in [2.05, 4.69) is 106 Å². The maximum Gasteiger partial charge on any atom is 0.0158 e. The summed E-state index contributed by atoms with van der Waals surface area (Å²) in [5.74, 6) is 0. The van der Waals surface area contributed by atoms with Gasteiger partial charge in [0.05, 0.1) is 0 Å². The molecule has 1 aliphatic rings. The number of hydrogen-bond donors (Lipinski definition) is 0. The Balaban J connectivity index is 1.73. The highest BCUT2D eigenvalue weighted by molar-refractivity contribution is 5.90. The molecular formula is C28H26. The Morgan fingerprint density at radius 2 is 1.32 bits per heavy atom.